The van der Waals surface area contributed by atoms with Crippen molar-refractivity contribution in [1.82, 2.24) is 19.4 Å². The van der Waals surface area contributed by atoms with Gasteiger partial charge in [-0.1, -0.05) is 32.0 Å². The second kappa shape index (κ2) is 10.2. The number of hydrogen-bond acceptors (Lipinski definition) is 5. The number of benzene rings is 2. The lowest BCUT2D eigenvalue weighted by Crippen LogP contribution is -2.22. The molecular formula is C27H30F3N5O. The Morgan fingerprint density at radius 3 is 2.33 bits per heavy atom. The quantitative estimate of drug-likeness (QED) is 0.286. The maximum absolute atomic E-state index is 13.9. The molecule has 0 spiro atoms. The molecule has 9 heteroatoms. The van der Waals surface area contributed by atoms with Gasteiger partial charge in [0.05, 0.1) is 10.9 Å². The molecule has 0 fully saturated rings. The van der Waals surface area contributed by atoms with E-state index >= 15 is 0 Å². The average molecular weight is 498 g/mol. The zero-order valence-electron chi connectivity index (χ0n) is 20.8. The van der Waals surface area contributed by atoms with E-state index in [2.05, 4.69) is 14.9 Å². The fraction of sp³-hybridized carbons (Fsp3) is 0.333. The number of fused-ring (bicyclic) bond motifs is 1. The predicted molar refractivity (Wildman–Crippen MR) is 136 cm³/mol. The van der Waals surface area contributed by atoms with Crippen LogP contribution in [0.2, 0.25) is 0 Å². The maximum atomic E-state index is 13.9. The Morgan fingerprint density at radius 2 is 1.72 bits per heavy atom. The number of anilines is 1. The normalized spacial score (nSPS) is 12.1. The van der Waals surface area contributed by atoms with Crippen molar-refractivity contribution in [1.29, 1.82) is 0 Å². The number of ether oxygens (including phenoxy) is 1. The minimum absolute atomic E-state index is 0.156. The molecule has 0 amide bonds. The van der Waals surface area contributed by atoms with Gasteiger partial charge in [0, 0.05) is 24.3 Å². The molecule has 0 aliphatic carbocycles. The van der Waals surface area contributed by atoms with E-state index in [1.54, 1.807) is 30.3 Å². The Hall–Kier alpha value is -3.59. The van der Waals surface area contributed by atoms with Crippen molar-refractivity contribution in [2.45, 2.75) is 46.5 Å². The highest BCUT2D eigenvalue weighted by Gasteiger charge is 2.35. The number of aromatic nitrogens is 3. The number of alkyl halides is 3. The fourth-order valence-electron chi connectivity index (χ4n) is 4.24. The SMILES string of the molecule is CCN(CC)Cc1ccc(Oc2ccc(-c3cn(C(C)C)c4ncnc(N)c34)cc2)c(C(F)(F)F)c1. The average Bonchev–Trinajstić information content (AvgIpc) is 3.24. The standard InChI is InChI=1S/C27H30F3N5O/c1-5-34(6-2)14-18-7-12-23(22(13-18)27(28,29)30)36-20-10-8-19(9-11-20)21-15-35(17(3)4)26-24(21)25(31)32-16-33-26/h7-13,15-17H,5-6,14H2,1-4H3,(H2,31,32,33). The van der Waals surface area contributed by atoms with Crippen LogP contribution >= 0.6 is 0 Å². The van der Waals surface area contributed by atoms with Crippen molar-refractivity contribution in [2.24, 2.45) is 0 Å². The van der Waals surface area contributed by atoms with Gasteiger partial charge in [-0.15, -0.1) is 0 Å². The molecule has 0 bridgehead atoms. The monoisotopic (exact) mass is 497 g/mol. The summed E-state index contributed by atoms with van der Waals surface area (Å²) in [6.07, 6.45) is -1.14. The topological polar surface area (TPSA) is 69.2 Å². The van der Waals surface area contributed by atoms with E-state index < -0.39 is 11.7 Å². The molecule has 4 rings (SSSR count). The largest absolute Gasteiger partial charge is 0.457 e. The number of nitrogen functional groups attached to an aromatic ring is 1. The number of hydrogen-bond donors (Lipinski definition) is 1. The van der Waals surface area contributed by atoms with Gasteiger partial charge in [0.15, 0.2) is 0 Å². The van der Waals surface area contributed by atoms with Gasteiger partial charge in [-0.3, -0.25) is 4.90 Å². The van der Waals surface area contributed by atoms with Gasteiger partial charge >= 0.3 is 6.18 Å². The second-order valence-electron chi connectivity index (χ2n) is 8.92. The Labute approximate surface area is 208 Å². The molecule has 0 atom stereocenters. The number of rotatable bonds is 8. The molecule has 190 valence electrons. The third-order valence-electron chi connectivity index (χ3n) is 6.24. The van der Waals surface area contributed by atoms with Crippen molar-refractivity contribution in [2.75, 3.05) is 18.8 Å². The first-order valence-corrected chi connectivity index (χ1v) is 11.9. The van der Waals surface area contributed by atoms with Gasteiger partial charge in [0.25, 0.3) is 0 Å². The lowest BCUT2D eigenvalue weighted by Gasteiger charge is -2.20. The van der Waals surface area contributed by atoms with Gasteiger partial charge in [0.1, 0.15) is 29.3 Å². The highest BCUT2D eigenvalue weighted by atomic mass is 19.4. The van der Waals surface area contributed by atoms with Crippen LogP contribution in [-0.2, 0) is 12.7 Å². The Kier molecular flexibility index (Phi) is 7.21. The molecule has 0 saturated heterocycles. The summed E-state index contributed by atoms with van der Waals surface area (Å²) < 4.78 is 49.3. The van der Waals surface area contributed by atoms with E-state index in [1.165, 1.54) is 18.5 Å². The summed E-state index contributed by atoms with van der Waals surface area (Å²) in [4.78, 5) is 10.6. The molecule has 0 radical (unpaired) electrons. The minimum atomic E-state index is -4.54. The minimum Gasteiger partial charge on any atom is -0.457 e. The van der Waals surface area contributed by atoms with E-state index in [4.69, 9.17) is 10.5 Å². The smallest absolute Gasteiger partial charge is 0.419 e. The number of halogens is 3. The summed E-state index contributed by atoms with van der Waals surface area (Å²) in [7, 11) is 0. The van der Waals surface area contributed by atoms with Crippen LogP contribution < -0.4 is 10.5 Å². The van der Waals surface area contributed by atoms with Crippen LogP contribution in [0.5, 0.6) is 11.5 Å². The van der Waals surface area contributed by atoms with Crippen LogP contribution in [0, 0.1) is 0 Å². The predicted octanol–water partition coefficient (Wildman–Crippen LogP) is 6.91. The van der Waals surface area contributed by atoms with Crippen molar-refractivity contribution in [3.05, 3.63) is 66.1 Å². The number of nitrogens with two attached hydrogens (primary N) is 1. The highest BCUT2D eigenvalue weighted by Crippen LogP contribution is 2.40. The van der Waals surface area contributed by atoms with E-state index in [-0.39, 0.29) is 11.8 Å². The summed E-state index contributed by atoms with van der Waals surface area (Å²) in [5.41, 5.74) is 8.37. The highest BCUT2D eigenvalue weighted by molar-refractivity contribution is 6.00. The molecule has 0 unspecified atom stereocenters. The number of nitrogens with zero attached hydrogens (tertiary/aromatic N) is 4. The Balaban J connectivity index is 1.65. The molecule has 6 nitrogen and oxygen atoms in total. The maximum Gasteiger partial charge on any atom is 0.419 e. The molecule has 36 heavy (non-hydrogen) atoms. The molecule has 2 N–H and O–H groups in total. The van der Waals surface area contributed by atoms with Gasteiger partial charge < -0.3 is 15.0 Å². The Bertz CT molecular complexity index is 1340. The van der Waals surface area contributed by atoms with Crippen LogP contribution in [-0.4, -0.2) is 32.5 Å². The first-order valence-electron chi connectivity index (χ1n) is 11.9. The molecule has 0 saturated carbocycles. The van der Waals surface area contributed by atoms with E-state index in [1.807, 2.05) is 38.5 Å². The van der Waals surface area contributed by atoms with Gasteiger partial charge in [-0.05, 0) is 62.3 Å². The van der Waals surface area contributed by atoms with Crippen LogP contribution in [0.3, 0.4) is 0 Å². The summed E-state index contributed by atoms with van der Waals surface area (Å²) >= 11 is 0. The van der Waals surface area contributed by atoms with Gasteiger partial charge in [-0.25, -0.2) is 9.97 Å². The molecular weight excluding hydrogens is 467 g/mol. The summed E-state index contributed by atoms with van der Waals surface area (Å²) in [6.45, 7) is 10.0. The van der Waals surface area contributed by atoms with Crippen LogP contribution in [0.1, 0.15) is 44.9 Å². The summed E-state index contributed by atoms with van der Waals surface area (Å²) in [5, 5.41) is 0.739. The van der Waals surface area contributed by atoms with Gasteiger partial charge in [0.2, 0.25) is 0 Å². The molecule has 2 heterocycles. The zero-order chi connectivity index (χ0) is 26.0. The van der Waals surface area contributed by atoms with Crippen LogP contribution in [0.4, 0.5) is 19.0 Å². The van der Waals surface area contributed by atoms with Crippen molar-refractivity contribution < 1.29 is 17.9 Å². The van der Waals surface area contributed by atoms with E-state index in [0.717, 1.165) is 35.2 Å². The van der Waals surface area contributed by atoms with Gasteiger partial charge in [-0.2, -0.15) is 13.2 Å². The summed E-state index contributed by atoms with van der Waals surface area (Å²) in [6, 6.07) is 11.3. The molecule has 4 aromatic rings. The molecule has 2 aromatic heterocycles. The van der Waals surface area contributed by atoms with E-state index in [9.17, 15) is 13.2 Å². The molecule has 2 aromatic carbocycles. The molecule has 0 aliphatic rings. The fourth-order valence-corrected chi connectivity index (χ4v) is 4.24. The third-order valence-corrected chi connectivity index (χ3v) is 6.24. The van der Waals surface area contributed by atoms with E-state index in [0.29, 0.717) is 23.7 Å². The Morgan fingerprint density at radius 1 is 1.03 bits per heavy atom. The second-order valence-corrected chi connectivity index (χ2v) is 8.92. The van der Waals surface area contributed by atoms with Crippen molar-refractivity contribution in [3.63, 3.8) is 0 Å². The van der Waals surface area contributed by atoms with Crippen molar-refractivity contribution >= 4 is 16.9 Å². The first-order chi connectivity index (χ1) is 17.1. The summed E-state index contributed by atoms with van der Waals surface area (Å²) in [5.74, 6) is 0.444. The lowest BCUT2D eigenvalue weighted by molar-refractivity contribution is -0.138. The lowest BCUT2D eigenvalue weighted by atomic mass is 10.1. The third kappa shape index (κ3) is 5.16. The van der Waals surface area contributed by atoms with Crippen LogP contribution in [0.25, 0.3) is 22.2 Å². The zero-order valence-corrected chi connectivity index (χ0v) is 20.8. The molecule has 0 aliphatic heterocycles. The first kappa shape index (κ1) is 25.5. The van der Waals surface area contributed by atoms with Crippen LogP contribution in [0.15, 0.2) is 55.0 Å². The van der Waals surface area contributed by atoms with Crippen molar-refractivity contribution in [3.8, 4) is 22.6 Å².